The van der Waals surface area contributed by atoms with E-state index in [2.05, 4.69) is 31.9 Å². The molecule has 0 saturated carbocycles. The van der Waals surface area contributed by atoms with Gasteiger partial charge in [-0.05, 0) is 12.8 Å². The monoisotopic (exact) mass is 244 g/mol. The molecule has 0 rings (SSSR count). The average molecular weight is 246 g/mol. The molecule has 0 radical (unpaired) electrons. The summed E-state index contributed by atoms with van der Waals surface area (Å²) in [4.78, 5) is 0. The average Bonchev–Trinajstić information content (AvgIpc) is 1.68. The molecular weight excluding hydrogens is 236 g/mol. The molecule has 0 unspecified atom stereocenters. The summed E-state index contributed by atoms with van der Waals surface area (Å²) in [7, 11) is 0. The van der Waals surface area contributed by atoms with Gasteiger partial charge in [-0.1, -0.05) is 31.9 Å². The van der Waals surface area contributed by atoms with Crippen LogP contribution in [0, 0.1) is 0 Å². The van der Waals surface area contributed by atoms with Gasteiger partial charge in [0.25, 0.3) is 0 Å². The Balaban J connectivity index is 2.92. The fourth-order valence-corrected chi connectivity index (χ4v) is 1.45. The SMILES string of the molecule is OC(CCBr)CCBr. The zero-order chi connectivity index (χ0) is 6.41. The van der Waals surface area contributed by atoms with E-state index in [1.54, 1.807) is 0 Å². The molecule has 0 fully saturated rings. The summed E-state index contributed by atoms with van der Waals surface area (Å²) in [5.41, 5.74) is 0. The molecule has 0 aliphatic heterocycles. The molecule has 0 aliphatic carbocycles. The molecule has 0 heterocycles. The highest BCUT2D eigenvalue weighted by Crippen LogP contribution is 2.01. The van der Waals surface area contributed by atoms with Crippen LogP contribution in [0.25, 0.3) is 0 Å². The fourth-order valence-electron chi connectivity index (χ4n) is 0.396. The molecular formula is C5H10Br2O. The number of hydrogen-bond donors (Lipinski definition) is 1. The van der Waals surface area contributed by atoms with Crippen LogP contribution in [0.4, 0.5) is 0 Å². The minimum absolute atomic E-state index is 0.131. The number of aliphatic hydroxyl groups excluding tert-OH is 1. The lowest BCUT2D eigenvalue weighted by atomic mass is 10.2. The number of aliphatic hydroxyl groups is 1. The van der Waals surface area contributed by atoms with Crippen LogP contribution in [-0.2, 0) is 0 Å². The van der Waals surface area contributed by atoms with Crippen molar-refractivity contribution in [1.82, 2.24) is 0 Å². The normalized spacial score (nSPS) is 10.5. The van der Waals surface area contributed by atoms with Crippen molar-refractivity contribution in [3.8, 4) is 0 Å². The van der Waals surface area contributed by atoms with Crippen molar-refractivity contribution in [3.63, 3.8) is 0 Å². The fraction of sp³-hybridized carbons (Fsp3) is 1.00. The van der Waals surface area contributed by atoms with E-state index < -0.39 is 0 Å². The van der Waals surface area contributed by atoms with Crippen molar-refractivity contribution in [2.45, 2.75) is 18.9 Å². The van der Waals surface area contributed by atoms with Gasteiger partial charge in [-0.2, -0.15) is 0 Å². The van der Waals surface area contributed by atoms with Gasteiger partial charge in [0.2, 0.25) is 0 Å². The van der Waals surface area contributed by atoms with Crippen molar-refractivity contribution in [2.75, 3.05) is 10.7 Å². The molecule has 0 amide bonds. The van der Waals surface area contributed by atoms with Crippen LogP contribution in [0.5, 0.6) is 0 Å². The first-order valence-electron chi connectivity index (χ1n) is 2.61. The van der Waals surface area contributed by atoms with Gasteiger partial charge in [-0.15, -0.1) is 0 Å². The molecule has 0 bridgehead atoms. The number of halogens is 2. The third-order valence-electron chi connectivity index (χ3n) is 0.885. The van der Waals surface area contributed by atoms with E-state index in [1.807, 2.05) is 0 Å². The van der Waals surface area contributed by atoms with Crippen molar-refractivity contribution in [2.24, 2.45) is 0 Å². The van der Waals surface area contributed by atoms with E-state index in [0.29, 0.717) is 0 Å². The van der Waals surface area contributed by atoms with Gasteiger partial charge in [0, 0.05) is 10.7 Å². The van der Waals surface area contributed by atoms with E-state index in [4.69, 9.17) is 5.11 Å². The van der Waals surface area contributed by atoms with Crippen LogP contribution in [0.2, 0.25) is 0 Å². The second-order valence-electron chi connectivity index (χ2n) is 1.61. The first kappa shape index (κ1) is 8.92. The zero-order valence-electron chi connectivity index (χ0n) is 4.61. The van der Waals surface area contributed by atoms with Crippen molar-refractivity contribution >= 4 is 31.9 Å². The van der Waals surface area contributed by atoms with Crippen LogP contribution in [-0.4, -0.2) is 21.9 Å². The highest BCUT2D eigenvalue weighted by atomic mass is 79.9. The Labute approximate surface area is 66.7 Å². The summed E-state index contributed by atoms with van der Waals surface area (Å²) in [6.07, 6.45) is 1.57. The largest absolute Gasteiger partial charge is 0.393 e. The van der Waals surface area contributed by atoms with Gasteiger partial charge in [0.05, 0.1) is 6.10 Å². The zero-order valence-corrected chi connectivity index (χ0v) is 7.78. The maximum atomic E-state index is 8.99. The van der Waals surface area contributed by atoms with Gasteiger partial charge < -0.3 is 5.11 Å². The summed E-state index contributed by atoms with van der Waals surface area (Å²) >= 11 is 6.49. The lowest BCUT2D eigenvalue weighted by Gasteiger charge is -2.03. The summed E-state index contributed by atoms with van der Waals surface area (Å²) in [6, 6.07) is 0. The molecule has 0 aromatic carbocycles. The second kappa shape index (κ2) is 6.05. The smallest absolute Gasteiger partial charge is 0.0556 e. The Morgan fingerprint density at radius 3 is 1.75 bits per heavy atom. The predicted molar refractivity (Wildman–Crippen MR) is 42.8 cm³/mol. The number of alkyl halides is 2. The lowest BCUT2D eigenvalue weighted by molar-refractivity contribution is 0.169. The van der Waals surface area contributed by atoms with Crippen LogP contribution in [0.3, 0.4) is 0 Å². The van der Waals surface area contributed by atoms with E-state index in [9.17, 15) is 0 Å². The third kappa shape index (κ3) is 5.06. The van der Waals surface area contributed by atoms with Crippen LogP contribution < -0.4 is 0 Å². The maximum Gasteiger partial charge on any atom is 0.0556 e. The molecule has 1 N–H and O–H groups in total. The standard InChI is InChI=1S/C5H10Br2O/c6-3-1-5(8)2-4-7/h5,8H,1-4H2. The van der Waals surface area contributed by atoms with Gasteiger partial charge in [-0.3, -0.25) is 0 Å². The van der Waals surface area contributed by atoms with Crippen LogP contribution in [0.15, 0.2) is 0 Å². The summed E-state index contributed by atoms with van der Waals surface area (Å²) < 4.78 is 0. The Morgan fingerprint density at radius 1 is 1.12 bits per heavy atom. The van der Waals surface area contributed by atoms with Gasteiger partial charge in [-0.25, -0.2) is 0 Å². The minimum atomic E-state index is -0.131. The Kier molecular flexibility index (Phi) is 6.74. The molecule has 50 valence electrons. The highest BCUT2D eigenvalue weighted by molar-refractivity contribution is 9.09. The quantitative estimate of drug-likeness (QED) is 0.751. The first-order valence-corrected chi connectivity index (χ1v) is 4.85. The lowest BCUT2D eigenvalue weighted by Crippen LogP contribution is -2.06. The van der Waals surface area contributed by atoms with Crippen molar-refractivity contribution in [1.29, 1.82) is 0 Å². The molecule has 0 aliphatic rings. The van der Waals surface area contributed by atoms with E-state index >= 15 is 0 Å². The Hall–Kier alpha value is 0.920. The molecule has 0 saturated heterocycles. The van der Waals surface area contributed by atoms with Gasteiger partial charge >= 0.3 is 0 Å². The van der Waals surface area contributed by atoms with E-state index in [1.165, 1.54) is 0 Å². The molecule has 0 aromatic heterocycles. The summed E-state index contributed by atoms with van der Waals surface area (Å²) in [5, 5.41) is 10.8. The molecule has 8 heavy (non-hydrogen) atoms. The minimum Gasteiger partial charge on any atom is -0.393 e. The van der Waals surface area contributed by atoms with Crippen LogP contribution >= 0.6 is 31.9 Å². The molecule has 1 nitrogen and oxygen atoms in total. The van der Waals surface area contributed by atoms with Crippen molar-refractivity contribution in [3.05, 3.63) is 0 Å². The second-order valence-corrected chi connectivity index (χ2v) is 3.20. The first-order chi connectivity index (χ1) is 3.81. The number of rotatable bonds is 4. The van der Waals surface area contributed by atoms with Crippen LogP contribution in [0.1, 0.15) is 12.8 Å². The van der Waals surface area contributed by atoms with Gasteiger partial charge in [0.15, 0.2) is 0 Å². The van der Waals surface area contributed by atoms with E-state index in [0.717, 1.165) is 23.5 Å². The Morgan fingerprint density at radius 2 is 1.50 bits per heavy atom. The van der Waals surface area contributed by atoms with Crippen molar-refractivity contribution < 1.29 is 5.11 Å². The topological polar surface area (TPSA) is 20.2 Å². The summed E-state index contributed by atoms with van der Waals surface area (Å²) in [6.45, 7) is 0. The van der Waals surface area contributed by atoms with Gasteiger partial charge in [0.1, 0.15) is 0 Å². The number of hydrogen-bond acceptors (Lipinski definition) is 1. The van der Waals surface area contributed by atoms with E-state index in [-0.39, 0.29) is 6.10 Å². The molecule has 0 atom stereocenters. The summed E-state index contributed by atoms with van der Waals surface area (Å²) in [5.74, 6) is 0. The third-order valence-corrected chi connectivity index (χ3v) is 1.80. The molecule has 0 spiro atoms. The molecule has 3 heteroatoms. The Bertz CT molecular complexity index is 43.7. The highest BCUT2D eigenvalue weighted by Gasteiger charge is 1.99. The maximum absolute atomic E-state index is 8.99. The predicted octanol–water partition coefficient (Wildman–Crippen LogP) is 1.92. The molecule has 0 aromatic rings.